The average molecular weight is 301 g/mol. The smallest absolute Gasteiger partial charge is 0.254 e. The largest absolute Gasteiger partial charge is 0.396 e. The molecule has 1 fully saturated rings. The molecule has 1 atom stereocenters. The van der Waals surface area contributed by atoms with Gasteiger partial charge in [0.2, 0.25) is 0 Å². The molecule has 1 aromatic carbocycles. The van der Waals surface area contributed by atoms with Crippen LogP contribution in [-0.2, 0) is 7.05 Å². The molecule has 1 aromatic heterocycles. The van der Waals surface area contributed by atoms with Gasteiger partial charge in [0.15, 0.2) is 0 Å². The molecule has 5 nitrogen and oxygen atoms in total. The summed E-state index contributed by atoms with van der Waals surface area (Å²) in [6.45, 7) is 2.97. The molecule has 118 valence electrons. The number of benzene rings is 1. The predicted molar refractivity (Wildman–Crippen MR) is 85.8 cm³/mol. The van der Waals surface area contributed by atoms with Crippen molar-refractivity contribution in [2.24, 2.45) is 7.05 Å². The number of likely N-dealkylation sites (tertiary alicyclic amines) is 1. The van der Waals surface area contributed by atoms with Crippen LogP contribution >= 0.6 is 0 Å². The van der Waals surface area contributed by atoms with E-state index in [0.29, 0.717) is 5.56 Å². The Morgan fingerprint density at radius 3 is 3.05 bits per heavy atom. The number of carbonyl (C=O) groups excluding carboxylic acids is 1. The molecular weight excluding hydrogens is 278 g/mol. The third kappa shape index (κ3) is 2.61. The van der Waals surface area contributed by atoms with Crippen molar-refractivity contribution in [2.45, 2.75) is 38.6 Å². The first kappa shape index (κ1) is 15.0. The summed E-state index contributed by atoms with van der Waals surface area (Å²) >= 11 is 0. The van der Waals surface area contributed by atoms with Crippen molar-refractivity contribution in [3.8, 4) is 0 Å². The molecule has 1 saturated heterocycles. The van der Waals surface area contributed by atoms with E-state index in [9.17, 15) is 4.79 Å². The molecule has 1 unspecified atom stereocenters. The quantitative estimate of drug-likeness (QED) is 0.942. The van der Waals surface area contributed by atoms with Crippen LogP contribution in [0.4, 0.5) is 0 Å². The Bertz CT molecular complexity index is 693. The molecule has 3 rings (SSSR count). The van der Waals surface area contributed by atoms with Crippen LogP contribution in [0.1, 0.15) is 41.9 Å². The lowest BCUT2D eigenvalue weighted by molar-refractivity contribution is 0.0724. The Kier molecular flexibility index (Phi) is 4.16. The Hall–Kier alpha value is -1.88. The summed E-state index contributed by atoms with van der Waals surface area (Å²) in [4.78, 5) is 19.3. The van der Waals surface area contributed by atoms with Gasteiger partial charge in [0.1, 0.15) is 5.82 Å². The second kappa shape index (κ2) is 6.08. The molecule has 5 heteroatoms. The topological polar surface area (TPSA) is 58.4 Å². The van der Waals surface area contributed by atoms with E-state index in [1.54, 1.807) is 0 Å². The molecule has 0 saturated carbocycles. The minimum Gasteiger partial charge on any atom is -0.396 e. The van der Waals surface area contributed by atoms with Crippen LogP contribution in [-0.4, -0.2) is 44.7 Å². The summed E-state index contributed by atoms with van der Waals surface area (Å²) in [5.74, 6) is 1.03. The van der Waals surface area contributed by atoms with Crippen LogP contribution in [0.2, 0.25) is 0 Å². The lowest BCUT2D eigenvalue weighted by atomic mass is 10.1. The number of carbonyl (C=O) groups is 1. The van der Waals surface area contributed by atoms with Gasteiger partial charge in [-0.2, -0.15) is 0 Å². The number of hydrogen-bond acceptors (Lipinski definition) is 3. The van der Waals surface area contributed by atoms with Crippen molar-refractivity contribution >= 4 is 16.9 Å². The zero-order valence-corrected chi connectivity index (χ0v) is 13.2. The second-order valence-electron chi connectivity index (χ2n) is 6.08. The number of amides is 1. The number of imidazole rings is 1. The monoisotopic (exact) mass is 301 g/mol. The van der Waals surface area contributed by atoms with Gasteiger partial charge < -0.3 is 14.6 Å². The van der Waals surface area contributed by atoms with E-state index < -0.39 is 0 Å². The van der Waals surface area contributed by atoms with Gasteiger partial charge in [-0.25, -0.2) is 4.98 Å². The number of aryl methyl sites for hydroxylation is 2. The van der Waals surface area contributed by atoms with Crippen LogP contribution in [0.25, 0.3) is 11.0 Å². The van der Waals surface area contributed by atoms with Gasteiger partial charge in [0, 0.05) is 31.8 Å². The number of nitrogens with zero attached hydrogens (tertiary/aromatic N) is 3. The fourth-order valence-electron chi connectivity index (χ4n) is 3.35. The van der Waals surface area contributed by atoms with Gasteiger partial charge in [0.05, 0.1) is 11.0 Å². The second-order valence-corrected chi connectivity index (χ2v) is 6.08. The highest BCUT2D eigenvalue weighted by atomic mass is 16.3. The van der Waals surface area contributed by atoms with Crippen molar-refractivity contribution in [1.29, 1.82) is 0 Å². The highest BCUT2D eigenvalue weighted by Gasteiger charge is 2.29. The number of aliphatic hydroxyl groups is 1. The van der Waals surface area contributed by atoms with E-state index in [2.05, 4.69) is 4.98 Å². The molecule has 1 N–H and O–H groups in total. The summed E-state index contributed by atoms with van der Waals surface area (Å²) < 4.78 is 2.03. The Morgan fingerprint density at radius 2 is 2.27 bits per heavy atom. The molecule has 1 aliphatic rings. The van der Waals surface area contributed by atoms with E-state index in [4.69, 9.17) is 5.11 Å². The molecule has 0 bridgehead atoms. The van der Waals surface area contributed by atoms with Crippen molar-refractivity contribution in [2.75, 3.05) is 13.2 Å². The number of aromatic nitrogens is 2. The summed E-state index contributed by atoms with van der Waals surface area (Å²) in [5.41, 5.74) is 2.63. The first-order valence-corrected chi connectivity index (χ1v) is 7.96. The SMILES string of the molecule is Cc1nc2cc(C(=O)N3CCCC3CCCO)ccc2n1C. The summed E-state index contributed by atoms with van der Waals surface area (Å²) in [7, 11) is 1.98. The third-order valence-corrected chi connectivity index (χ3v) is 4.68. The highest BCUT2D eigenvalue weighted by molar-refractivity contribution is 5.97. The lowest BCUT2D eigenvalue weighted by Crippen LogP contribution is -2.35. The zero-order valence-electron chi connectivity index (χ0n) is 13.2. The maximum absolute atomic E-state index is 12.8. The van der Waals surface area contributed by atoms with Crippen molar-refractivity contribution in [3.63, 3.8) is 0 Å². The van der Waals surface area contributed by atoms with Crippen LogP contribution in [0.5, 0.6) is 0 Å². The number of fused-ring (bicyclic) bond motifs is 1. The number of rotatable bonds is 4. The van der Waals surface area contributed by atoms with Crippen LogP contribution < -0.4 is 0 Å². The van der Waals surface area contributed by atoms with Gasteiger partial charge in [-0.15, -0.1) is 0 Å². The Balaban J connectivity index is 1.85. The molecule has 1 aliphatic heterocycles. The number of hydrogen-bond donors (Lipinski definition) is 1. The van der Waals surface area contributed by atoms with Gasteiger partial charge in [-0.3, -0.25) is 4.79 Å². The molecule has 1 amide bonds. The summed E-state index contributed by atoms with van der Waals surface area (Å²) in [6.07, 6.45) is 3.73. The van der Waals surface area contributed by atoms with Crippen LogP contribution in [0.3, 0.4) is 0 Å². The van der Waals surface area contributed by atoms with Crippen molar-refractivity contribution in [3.05, 3.63) is 29.6 Å². The van der Waals surface area contributed by atoms with Crippen molar-refractivity contribution in [1.82, 2.24) is 14.5 Å². The van der Waals surface area contributed by atoms with Gasteiger partial charge in [-0.1, -0.05) is 0 Å². The minimum atomic E-state index is 0.0886. The molecule has 2 heterocycles. The Labute approximate surface area is 130 Å². The summed E-state index contributed by atoms with van der Waals surface area (Å²) in [5, 5.41) is 9.00. The highest BCUT2D eigenvalue weighted by Crippen LogP contribution is 2.25. The minimum absolute atomic E-state index is 0.0886. The van der Waals surface area contributed by atoms with Gasteiger partial charge >= 0.3 is 0 Å². The van der Waals surface area contributed by atoms with Crippen LogP contribution in [0.15, 0.2) is 18.2 Å². The maximum Gasteiger partial charge on any atom is 0.254 e. The third-order valence-electron chi connectivity index (χ3n) is 4.68. The normalized spacial score (nSPS) is 18.3. The number of aliphatic hydroxyl groups excluding tert-OH is 1. The van der Waals surface area contributed by atoms with E-state index in [1.165, 1.54) is 0 Å². The molecule has 0 radical (unpaired) electrons. The van der Waals surface area contributed by atoms with Crippen molar-refractivity contribution < 1.29 is 9.90 Å². The maximum atomic E-state index is 12.8. The standard InChI is InChI=1S/C17H23N3O2/c1-12-18-15-11-13(7-8-16(15)19(12)2)17(22)20-9-3-5-14(20)6-4-10-21/h7-8,11,14,21H,3-6,9-10H2,1-2H3. The molecule has 0 aliphatic carbocycles. The van der Waals surface area contributed by atoms with E-state index in [1.807, 2.05) is 41.6 Å². The van der Waals surface area contributed by atoms with Crippen LogP contribution in [0, 0.1) is 6.92 Å². The first-order valence-electron chi connectivity index (χ1n) is 7.96. The first-order chi connectivity index (χ1) is 10.6. The summed E-state index contributed by atoms with van der Waals surface area (Å²) in [6, 6.07) is 6.03. The molecule has 0 spiro atoms. The molecule has 2 aromatic rings. The van der Waals surface area contributed by atoms with E-state index >= 15 is 0 Å². The fraction of sp³-hybridized carbons (Fsp3) is 0.529. The van der Waals surface area contributed by atoms with E-state index in [0.717, 1.165) is 49.1 Å². The predicted octanol–water partition coefficient (Wildman–Crippen LogP) is 2.26. The Morgan fingerprint density at radius 1 is 1.45 bits per heavy atom. The molecule has 22 heavy (non-hydrogen) atoms. The lowest BCUT2D eigenvalue weighted by Gasteiger charge is -2.24. The van der Waals surface area contributed by atoms with Gasteiger partial charge in [0.25, 0.3) is 5.91 Å². The average Bonchev–Trinajstić information content (AvgIpc) is 3.09. The fourth-order valence-corrected chi connectivity index (χ4v) is 3.35. The molecular formula is C17H23N3O2. The van der Waals surface area contributed by atoms with Gasteiger partial charge in [-0.05, 0) is 50.8 Å². The zero-order chi connectivity index (χ0) is 15.7. The van der Waals surface area contributed by atoms with E-state index in [-0.39, 0.29) is 18.6 Å².